The molecule has 162 valence electrons. The van der Waals surface area contributed by atoms with Crippen molar-refractivity contribution in [2.45, 2.75) is 47.3 Å². The zero-order valence-electron chi connectivity index (χ0n) is 17.9. The second-order valence-electron chi connectivity index (χ2n) is 8.02. The van der Waals surface area contributed by atoms with Gasteiger partial charge in [0.05, 0.1) is 11.6 Å². The van der Waals surface area contributed by atoms with E-state index in [1.54, 1.807) is 24.3 Å². The first-order valence-corrected chi connectivity index (χ1v) is 9.34. The fourth-order valence-corrected chi connectivity index (χ4v) is 2.65. The van der Waals surface area contributed by atoms with Crippen molar-refractivity contribution in [2.75, 3.05) is 0 Å². The van der Waals surface area contributed by atoms with Gasteiger partial charge in [-0.05, 0) is 42.2 Å². The van der Waals surface area contributed by atoms with Gasteiger partial charge in [0.2, 0.25) is 0 Å². The highest BCUT2D eigenvalue weighted by Gasteiger charge is 2.29. The highest BCUT2D eigenvalue weighted by atomic mass is 35.5. The van der Waals surface area contributed by atoms with E-state index in [4.69, 9.17) is 15.2 Å². The van der Waals surface area contributed by atoms with Crippen LogP contribution in [0.25, 0.3) is 0 Å². The number of nitrogens with two attached hydrogens (primary N) is 1. The van der Waals surface area contributed by atoms with E-state index in [0.717, 1.165) is 5.56 Å². The monoisotopic (exact) mass is 433 g/mol. The van der Waals surface area contributed by atoms with Crippen LogP contribution in [0.3, 0.4) is 0 Å². The molecule has 0 bridgehead atoms. The Bertz CT molecular complexity index is 933. The van der Waals surface area contributed by atoms with Crippen molar-refractivity contribution in [1.29, 1.82) is 0 Å². The topological polar surface area (TPSA) is 95.7 Å². The molecule has 1 unspecified atom stereocenters. The molecule has 0 spiro atoms. The first-order valence-electron chi connectivity index (χ1n) is 9.34. The van der Waals surface area contributed by atoms with Gasteiger partial charge in [-0.1, -0.05) is 39.0 Å². The van der Waals surface area contributed by atoms with E-state index < -0.39 is 23.4 Å². The minimum atomic E-state index is -0.704. The number of rotatable bonds is 6. The fraction of sp³-hybridized carbons (Fsp3) is 0.348. The molecule has 0 saturated carbocycles. The first kappa shape index (κ1) is 25.3. The Morgan fingerprint density at radius 1 is 1.07 bits per heavy atom. The van der Waals surface area contributed by atoms with Crippen molar-refractivity contribution in [1.82, 2.24) is 0 Å². The van der Waals surface area contributed by atoms with Gasteiger partial charge >= 0.3 is 11.9 Å². The van der Waals surface area contributed by atoms with Gasteiger partial charge in [-0.25, -0.2) is 4.79 Å². The van der Waals surface area contributed by atoms with Gasteiger partial charge < -0.3 is 15.2 Å². The van der Waals surface area contributed by atoms with Crippen molar-refractivity contribution in [3.05, 3.63) is 64.7 Å². The number of ether oxygens (including phenoxy) is 2. The number of Topliss-reactive ketones (excluding diaryl/α,β-unsaturated/α-hetero) is 1. The van der Waals surface area contributed by atoms with Crippen molar-refractivity contribution in [3.8, 4) is 5.75 Å². The molecule has 0 aliphatic carbocycles. The summed E-state index contributed by atoms with van der Waals surface area (Å²) in [6.45, 7) is 8.61. The van der Waals surface area contributed by atoms with Crippen LogP contribution in [0.15, 0.2) is 42.5 Å². The lowest BCUT2D eigenvalue weighted by atomic mass is 9.82. The molecule has 0 aromatic heterocycles. The predicted molar refractivity (Wildman–Crippen MR) is 117 cm³/mol. The lowest BCUT2D eigenvalue weighted by molar-refractivity contribution is -0.142. The predicted octanol–water partition coefficient (Wildman–Crippen LogP) is 4.26. The Morgan fingerprint density at radius 2 is 1.70 bits per heavy atom. The maximum atomic E-state index is 12.7. The van der Waals surface area contributed by atoms with Crippen LogP contribution in [0.1, 0.15) is 59.5 Å². The van der Waals surface area contributed by atoms with E-state index in [1.165, 1.54) is 13.0 Å². The number of carbonyl (C=O) groups excluding carboxylic acids is 3. The van der Waals surface area contributed by atoms with Gasteiger partial charge in [0.25, 0.3) is 0 Å². The Balaban J connectivity index is 0.00000450. The van der Waals surface area contributed by atoms with E-state index in [-0.39, 0.29) is 30.5 Å². The molecular weight excluding hydrogens is 406 g/mol. The standard InChI is InChI=1S/C23H27NO5.ClH/c1-14-8-6-7-9-18(14)22(27)29-19-11-10-16(12-17(19)13-28-15(2)25)20(26)21(24)23(3,4)5;/h6-12,21H,13,24H2,1-5H3;1H. The lowest BCUT2D eigenvalue weighted by Crippen LogP contribution is -2.42. The molecule has 0 radical (unpaired) electrons. The largest absolute Gasteiger partial charge is 0.461 e. The molecule has 6 nitrogen and oxygen atoms in total. The van der Waals surface area contributed by atoms with E-state index in [2.05, 4.69) is 0 Å². The molecule has 2 aromatic carbocycles. The summed E-state index contributed by atoms with van der Waals surface area (Å²) in [7, 11) is 0. The van der Waals surface area contributed by atoms with Gasteiger partial charge in [0.15, 0.2) is 5.78 Å². The van der Waals surface area contributed by atoms with Crippen molar-refractivity contribution in [3.63, 3.8) is 0 Å². The number of benzene rings is 2. The minimum absolute atomic E-state index is 0. The van der Waals surface area contributed by atoms with Crippen molar-refractivity contribution in [2.24, 2.45) is 11.1 Å². The maximum absolute atomic E-state index is 12.7. The highest BCUT2D eigenvalue weighted by molar-refractivity contribution is 6.01. The molecule has 0 saturated heterocycles. The second kappa shape index (κ2) is 10.4. The average molecular weight is 434 g/mol. The summed E-state index contributed by atoms with van der Waals surface area (Å²) in [5, 5.41) is 0. The first-order chi connectivity index (χ1) is 13.5. The van der Waals surface area contributed by atoms with Gasteiger partial charge in [0, 0.05) is 18.1 Å². The summed E-state index contributed by atoms with van der Waals surface area (Å²) in [6, 6.07) is 11.0. The minimum Gasteiger partial charge on any atom is -0.461 e. The quantitative estimate of drug-likeness (QED) is 0.415. The summed E-state index contributed by atoms with van der Waals surface area (Å²) in [5.74, 6) is -1.03. The maximum Gasteiger partial charge on any atom is 0.343 e. The number of ketones is 1. The van der Waals surface area contributed by atoms with E-state index in [0.29, 0.717) is 16.7 Å². The number of carbonyl (C=O) groups is 3. The second-order valence-corrected chi connectivity index (χ2v) is 8.02. The van der Waals surface area contributed by atoms with Crippen LogP contribution >= 0.6 is 12.4 Å². The van der Waals surface area contributed by atoms with Gasteiger partial charge in [-0.2, -0.15) is 0 Å². The zero-order chi connectivity index (χ0) is 21.8. The smallest absolute Gasteiger partial charge is 0.343 e. The van der Waals surface area contributed by atoms with Crippen LogP contribution < -0.4 is 10.5 Å². The summed E-state index contributed by atoms with van der Waals surface area (Å²) >= 11 is 0. The van der Waals surface area contributed by atoms with Crippen LogP contribution in [0.5, 0.6) is 5.75 Å². The van der Waals surface area contributed by atoms with Crippen LogP contribution in [-0.2, 0) is 16.1 Å². The summed E-state index contributed by atoms with van der Waals surface area (Å²) in [5.41, 5.74) is 7.66. The third kappa shape index (κ3) is 6.40. The molecule has 0 aliphatic rings. The van der Waals surface area contributed by atoms with E-state index in [1.807, 2.05) is 39.8 Å². The van der Waals surface area contributed by atoms with E-state index in [9.17, 15) is 14.4 Å². The molecule has 30 heavy (non-hydrogen) atoms. The highest BCUT2D eigenvalue weighted by Crippen LogP contribution is 2.26. The molecule has 1 atom stereocenters. The van der Waals surface area contributed by atoms with Crippen LogP contribution in [-0.4, -0.2) is 23.8 Å². The Morgan fingerprint density at radius 3 is 2.27 bits per heavy atom. The van der Waals surface area contributed by atoms with Gasteiger partial charge in [-0.15, -0.1) is 12.4 Å². The molecule has 0 heterocycles. The number of esters is 2. The summed E-state index contributed by atoms with van der Waals surface area (Å²) < 4.78 is 10.6. The Hall–Kier alpha value is -2.70. The third-order valence-corrected chi connectivity index (χ3v) is 4.56. The van der Waals surface area contributed by atoms with Crippen LogP contribution in [0, 0.1) is 12.3 Å². The molecule has 7 heteroatoms. The molecule has 0 amide bonds. The Kier molecular flexibility index (Phi) is 8.75. The van der Waals surface area contributed by atoms with Crippen LogP contribution in [0.4, 0.5) is 0 Å². The fourth-order valence-electron chi connectivity index (χ4n) is 2.65. The average Bonchev–Trinajstić information content (AvgIpc) is 2.65. The Labute approximate surface area is 183 Å². The molecular formula is C23H28ClNO5. The van der Waals surface area contributed by atoms with Gasteiger partial charge in [0.1, 0.15) is 12.4 Å². The lowest BCUT2D eigenvalue weighted by Gasteiger charge is -2.26. The molecule has 2 N–H and O–H groups in total. The molecule has 2 aromatic rings. The normalized spacial score (nSPS) is 11.8. The van der Waals surface area contributed by atoms with Crippen LogP contribution in [0.2, 0.25) is 0 Å². The van der Waals surface area contributed by atoms with E-state index >= 15 is 0 Å². The molecule has 0 aliphatic heterocycles. The third-order valence-electron chi connectivity index (χ3n) is 4.56. The molecule has 2 rings (SSSR count). The number of aryl methyl sites for hydroxylation is 1. The summed E-state index contributed by atoms with van der Waals surface area (Å²) in [6.07, 6.45) is 0. The zero-order valence-corrected chi connectivity index (χ0v) is 18.7. The van der Waals surface area contributed by atoms with Crippen molar-refractivity contribution >= 4 is 30.1 Å². The SMILES string of the molecule is CC(=O)OCc1cc(C(=O)C(N)C(C)(C)C)ccc1OC(=O)c1ccccc1C.Cl. The molecule has 0 fully saturated rings. The summed E-state index contributed by atoms with van der Waals surface area (Å²) in [4.78, 5) is 36.6. The number of hydrogen-bond acceptors (Lipinski definition) is 6. The van der Waals surface area contributed by atoms with Gasteiger partial charge in [-0.3, -0.25) is 9.59 Å². The van der Waals surface area contributed by atoms with Crippen molar-refractivity contribution < 1.29 is 23.9 Å². The number of hydrogen-bond donors (Lipinski definition) is 1. The number of halogens is 1.